The summed E-state index contributed by atoms with van der Waals surface area (Å²) in [4.78, 5) is 38.3. The van der Waals surface area contributed by atoms with Crippen molar-refractivity contribution < 1.29 is 28.6 Å². The van der Waals surface area contributed by atoms with Gasteiger partial charge in [-0.05, 0) is 31.1 Å². The Labute approximate surface area is 431 Å². The zero-order chi connectivity index (χ0) is 50.4. The van der Waals surface area contributed by atoms with Crippen LogP contribution in [0.4, 0.5) is 0 Å². The van der Waals surface area contributed by atoms with Gasteiger partial charge in [0.25, 0.3) is 0 Å². The molecule has 0 aliphatic heterocycles. The van der Waals surface area contributed by atoms with Gasteiger partial charge in [-0.15, -0.1) is 0 Å². The van der Waals surface area contributed by atoms with Gasteiger partial charge in [0, 0.05) is 19.3 Å². The van der Waals surface area contributed by atoms with Crippen molar-refractivity contribution in [2.24, 2.45) is 11.8 Å². The summed E-state index contributed by atoms with van der Waals surface area (Å²) in [6, 6.07) is 0. The number of esters is 3. The number of carbonyl (C=O) groups is 3. The van der Waals surface area contributed by atoms with E-state index in [1.54, 1.807) is 0 Å². The number of hydrogen-bond acceptors (Lipinski definition) is 6. The molecule has 0 spiro atoms. The van der Waals surface area contributed by atoms with Crippen molar-refractivity contribution in [3.05, 3.63) is 0 Å². The fourth-order valence-electron chi connectivity index (χ4n) is 9.76. The van der Waals surface area contributed by atoms with E-state index in [9.17, 15) is 14.4 Å². The minimum Gasteiger partial charge on any atom is -0.462 e. The van der Waals surface area contributed by atoms with E-state index in [1.807, 2.05) is 0 Å². The van der Waals surface area contributed by atoms with Crippen LogP contribution >= 0.6 is 0 Å². The summed E-state index contributed by atoms with van der Waals surface area (Å²) >= 11 is 0. The van der Waals surface area contributed by atoms with E-state index < -0.39 is 6.10 Å². The smallest absolute Gasteiger partial charge is 0.306 e. The van der Waals surface area contributed by atoms with Gasteiger partial charge in [0.1, 0.15) is 13.2 Å². The Morgan fingerprint density at radius 3 is 0.710 bits per heavy atom. The van der Waals surface area contributed by atoms with Crippen molar-refractivity contribution in [1.82, 2.24) is 0 Å². The highest BCUT2D eigenvalue weighted by atomic mass is 16.6. The first-order valence-corrected chi connectivity index (χ1v) is 31.2. The van der Waals surface area contributed by atoms with Gasteiger partial charge in [-0.3, -0.25) is 14.4 Å². The molecule has 0 unspecified atom stereocenters. The Morgan fingerprint density at radius 1 is 0.275 bits per heavy atom. The van der Waals surface area contributed by atoms with Gasteiger partial charge >= 0.3 is 17.9 Å². The second kappa shape index (κ2) is 55.7. The summed E-state index contributed by atoms with van der Waals surface area (Å²) < 4.78 is 16.9. The summed E-state index contributed by atoms with van der Waals surface area (Å²) in [5.41, 5.74) is 0. The molecule has 0 aromatic rings. The van der Waals surface area contributed by atoms with Crippen molar-refractivity contribution in [3.8, 4) is 0 Å². The molecule has 0 aromatic heterocycles. The van der Waals surface area contributed by atoms with Crippen LogP contribution in [0.25, 0.3) is 0 Å². The van der Waals surface area contributed by atoms with Gasteiger partial charge in [0.2, 0.25) is 0 Å². The zero-order valence-electron chi connectivity index (χ0n) is 47.5. The van der Waals surface area contributed by atoms with Gasteiger partial charge in [-0.1, -0.05) is 317 Å². The third-order valence-electron chi connectivity index (χ3n) is 14.5. The van der Waals surface area contributed by atoms with E-state index in [2.05, 4.69) is 34.6 Å². The van der Waals surface area contributed by atoms with Gasteiger partial charge < -0.3 is 14.2 Å². The topological polar surface area (TPSA) is 78.9 Å². The molecular weight excluding hydrogens is 853 g/mol. The van der Waals surface area contributed by atoms with Crippen LogP contribution in [0.3, 0.4) is 0 Å². The predicted molar refractivity (Wildman–Crippen MR) is 298 cm³/mol. The van der Waals surface area contributed by atoms with Gasteiger partial charge in [-0.25, -0.2) is 0 Å². The summed E-state index contributed by atoms with van der Waals surface area (Å²) in [6.07, 6.45) is 61.0. The fourth-order valence-corrected chi connectivity index (χ4v) is 9.76. The zero-order valence-corrected chi connectivity index (χ0v) is 47.5. The van der Waals surface area contributed by atoms with Crippen LogP contribution in [-0.4, -0.2) is 37.2 Å². The maximum atomic E-state index is 12.9. The summed E-state index contributed by atoms with van der Waals surface area (Å²) in [5, 5.41) is 0. The largest absolute Gasteiger partial charge is 0.462 e. The molecule has 0 rings (SSSR count). The number of rotatable bonds is 57. The molecule has 0 bridgehead atoms. The highest BCUT2D eigenvalue weighted by Gasteiger charge is 2.19. The quantitative estimate of drug-likeness (QED) is 0.0343. The Kier molecular flexibility index (Phi) is 54.4. The molecule has 0 amide bonds. The number of unbranched alkanes of at least 4 members (excludes halogenated alkanes) is 42. The standard InChI is InChI=1S/C63H122O6/c1-6-7-8-9-10-11-12-13-14-15-18-23-28-33-38-43-48-53-61(64)67-56-60(57-68-62(65)54-49-44-39-34-29-25-20-22-27-32-37-42-47-52-59(4)5)69-63(66)55-50-45-40-35-30-24-19-16-17-21-26-31-36-41-46-51-58(2)3/h58-60H,6-57H2,1-5H3/t60-/m0/s1. The van der Waals surface area contributed by atoms with E-state index in [1.165, 1.54) is 244 Å². The lowest BCUT2D eigenvalue weighted by Gasteiger charge is -2.18. The summed E-state index contributed by atoms with van der Waals surface area (Å²) in [5.74, 6) is 0.855. The molecule has 410 valence electrons. The van der Waals surface area contributed by atoms with Gasteiger partial charge in [0.05, 0.1) is 0 Å². The lowest BCUT2D eigenvalue weighted by Crippen LogP contribution is -2.30. The minimum atomic E-state index is -0.763. The third-order valence-corrected chi connectivity index (χ3v) is 14.5. The highest BCUT2D eigenvalue weighted by Crippen LogP contribution is 2.19. The third kappa shape index (κ3) is 57.2. The Morgan fingerprint density at radius 2 is 0.478 bits per heavy atom. The first-order valence-electron chi connectivity index (χ1n) is 31.2. The van der Waals surface area contributed by atoms with Crippen LogP contribution in [0.5, 0.6) is 0 Å². The molecule has 0 N–H and O–H groups in total. The number of carbonyl (C=O) groups excluding carboxylic acids is 3. The van der Waals surface area contributed by atoms with Crippen LogP contribution in [-0.2, 0) is 28.6 Å². The van der Waals surface area contributed by atoms with Crippen molar-refractivity contribution in [3.63, 3.8) is 0 Å². The average molecular weight is 976 g/mol. The molecule has 0 fully saturated rings. The van der Waals surface area contributed by atoms with E-state index in [4.69, 9.17) is 14.2 Å². The molecular formula is C63H122O6. The lowest BCUT2D eigenvalue weighted by atomic mass is 10.0. The summed E-state index contributed by atoms with van der Waals surface area (Å²) in [6.45, 7) is 11.4. The van der Waals surface area contributed by atoms with Gasteiger partial charge in [0.15, 0.2) is 6.10 Å². The van der Waals surface area contributed by atoms with Crippen LogP contribution in [0, 0.1) is 11.8 Å². The highest BCUT2D eigenvalue weighted by molar-refractivity contribution is 5.71. The molecule has 0 aromatic carbocycles. The van der Waals surface area contributed by atoms with Crippen molar-refractivity contribution in [2.75, 3.05) is 13.2 Å². The van der Waals surface area contributed by atoms with Crippen LogP contribution < -0.4 is 0 Å². The normalized spacial score (nSPS) is 12.0. The van der Waals surface area contributed by atoms with E-state index in [-0.39, 0.29) is 31.1 Å². The molecule has 6 heteroatoms. The average Bonchev–Trinajstić information content (AvgIpc) is 3.32. The van der Waals surface area contributed by atoms with E-state index in [0.717, 1.165) is 69.6 Å². The Balaban J connectivity index is 4.29. The van der Waals surface area contributed by atoms with Gasteiger partial charge in [-0.2, -0.15) is 0 Å². The van der Waals surface area contributed by atoms with Crippen LogP contribution in [0.1, 0.15) is 356 Å². The second-order valence-corrected chi connectivity index (χ2v) is 22.6. The lowest BCUT2D eigenvalue weighted by molar-refractivity contribution is -0.167. The van der Waals surface area contributed by atoms with Crippen LogP contribution in [0.2, 0.25) is 0 Å². The maximum Gasteiger partial charge on any atom is 0.306 e. The van der Waals surface area contributed by atoms with E-state index >= 15 is 0 Å². The molecule has 69 heavy (non-hydrogen) atoms. The minimum absolute atomic E-state index is 0.0620. The Bertz CT molecular complexity index is 1060. The maximum absolute atomic E-state index is 12.9. The molecule has 0 radical (unpaired) electrons. The second-order valence-electron chi connectivity index (χ2n) is 22.6. The number of ether oxygens (including phenoxy) is 3. The molecule has 0 saturated heterocycles. The molecule has 0 saturated carbocycles. The fraction of sp³-hybridized carbons (Fsp3) is 0.952. The van der Waals surface area contributed by atoms with Crippen LogP contribution in [0.15, 0.2) is 0 Å². The molecule has 0 heterocycles. The Hall–Kier alpha value is -1.59. The molecule has 6 nitrogen and oxygen atoms in total. The molecule has 0 aliphatic carbocycles. The monoisotopic (exact) mass is 975 g/mol. The van der Waals surface area contributed by atoms with Crippen molar-refractivity contribution >= 4 is 17.9 Å². The first-order chi connectivity index (χ1) is 33.7. The molecule has 0 aliphatic rings. The SMILES string of the molecule is CCCCCCCCCCCCCCCCCCCC(=O)OC[C@@H](COC(=O)CCCCCCCCCCCCCCCC(C)C)OC(=O)CCCCCCCCCCCCCCCCCC(C)C. The number of hydrogen-bond donors (Lipinski definition) is 0. The van der Waals surface area contributed by atoms with Crippen molar-refractivity contribution in [2.45, 2.75) is 362 Å². The molecule has 1 atom stereocenters. The van der Waals surface area contributed by atoms with E-state index in [0.29, 0.717) is 19.3 Å². The predicted octanol–water partition coefficient (Wildman–Crippen LogP) is 20.8. The first kappa shape index (κ1) is 67.4. The summed E-state index contributed by atoms with van der Waals surface area (Å²) in [7, 11) is 0. The van der Waals surface area contributed by atoms with Crippen molar-refractivity contribution in [1.29, 1.82) is 0 Å².